The van der Waals surface area contributed by atoms with Crippen LogP contribution in [0.2, 0.25) is 0 Å². The van der Waals surface area contributed by atoms with Crippen molar-refractivity contribution in [1.29, 1.82) is 0 Å². The molecule has 0 spiro atoms. The molecule has 158 valence electrons. The molecule has 3 rings (SSSR count). The molecule has 2 saturated carbocycles. The zero-order valence-electron chi connectivity index (χ0n) is 17.7. The smallest absolute Gasteiger partial charge is 0.312 e. The van der Waals surface area contributed by atoms with Crippen LogP contribution in [-0.4, -0.2) is 48.1 Å². The van der Waals surface area contributed by atoms with Crippen LogP contribution in [0.1, 0.15) is 59.3 Å². The van der Waals surface area contributed by atoms with E-state index in [1.165, 1.54) is 19.8 Å². The minimum Gasteiger partial charge on any atom is -0.469 e. The molecule has 0 amide bonds. The van der Waals surface area contributed by atoms with Gasteiger partial charge in [0.05, 0.1) is 36.8 Å². The Labute approximate surface area is 167 Å². The fourth-order valence-electron chi connectivity index (χ4n) is 6.27. The van der Waals surface area contributed by atoms with E-state index in [4.69, 9.17) is 9.47 Å². The van der Waals surface area contributed by atoms with Gasteiger partial charge in [-0.1, -0.05) is 25.5 Å². The van der Waals surface area contributed by atoms with Gasteiger partial charge in [-0.15, -0.1) is 0 Å². The first kappa shape index (κ1) is 21.3. The van der Waals surface area contributed by atoms with Gasteiger partial charge in [0, 0.05) is 5.92 Å². The summed E-state index contributed by atoms with van der Waals surface area (Å²) < 4.78 is 10.5. The van der Waals surface area contributed by atoms with E-state index in [1.54, 1.807) is 6.92 Å². The summed E-state index contributed by atoms with van der Waals surface area (Å²) in [6.07, 6.45) is 4.10. The van der Waals surface area contributed by atoms with E-state index in [0.29, 0.717) is 31.6 Å². The average molecular weight is 395 g/mol. The molecule has 0 aromatic heterocycles. The van der Waals surface area contributed by atoms with Crippen molar-refractivity contribution in [2.24, 2.45) is 28.6 Å². The number of hydrogen-bond donors (Lipinski definition) is 2. The second-order valence-electron chi connectivity index (χ2n) is 9.44. The van der Waals surface area contributed by atoms with Gasteiger partial charge in [-0.05, 0) is 57.3 Å². The molecule has 28 heavy (non-hydrogen) atoms. The quantitative estimate of drug-likeness (QED) is 0.565. The predicted molar refractivity (Wildman–Crippen MR) is 103 cm³/mol. The fraction of sp³-hybridized carbons (Fsp3) is 0.818. The molecule has 6 heteroatoms. The van der Waals surface area contributed by atoms with E-state index in [2.05, 4.69) is 19.9 Å². The molecule has 2 N–H and O–H groups in total. The number of ether oxygens (including phenoxy) is 2. The fourth-order valence-corrected chi connectivity index (χ4v) is 6.27. The van der Waals surface area contributed by atoms with E-state index in [0.717, 1.165) is 6.42 Å². The zero-order valence-corrected chi connectivity index (χ0v) is 17.7. The summed E-state index contributed by atoms with van der Waals surface area (Å²) >= 11 is 0. The Hall–Kier alpha value is -1.40. The number of carbonyl (C=O) groups excluding carboxylic acids is 2. The summed E-state index contributed by atoms with van der Waals surface area (Å²) in [7, 11) is 2.78. The summed E-state index contributed by atoms with van der Waals surface area (Å²) in [5.74, 6) is -0.830. The molecular formula is C22H34O6. The highest BCUT2D eigenvalue weighted by atomic mass is 16.5. The van der Waals surface area contributed by atoms with Crippen molar-refractivity contribution in [3.05, 3.63) is 11.6 Å². The number of hydrogen-bond acceptors (Lipinski definition) is 6. The van der Waals surface area contributed by atoms with Crippen LogP contribution in [0, 0.1) is 28.6 Å². The highest BCUT2D eigenvalue weighted by Crippen LogP contribution is 2.73. The van der Waals surface area contributed by atoms with Crippen LogP contribution in [0.15, 0.2) is 11.6 Å². The van der Waals surface area contributed by atoms with Gasteiger partial charge in [-0.3, -0.25) is 9.59 Å². The third kappa shape index (κ3) is 2.75. The lowest BCUT2D eigenvalue weighted by Gasteiger charge is -2.67. The molecule has 0 radical (unpaired) electrons. The number of allylic oxidation sites excluding steroid dienone is 2. The van der Waals surface area contributed by atoms with Crippen LogP contribution in [0.5, 0.6) is 0 Å². The van der Waals surface area contributed by atoms with Crippen molar-refractivity contribution in [2.75, 3.05) is 14.2 Å². The number of aliphatic hydroxyl groups excluding tert-OH is 1. The molecular weight excluding hydrogens is 360 g/mol. The minimum atomic E-state index is -1.24. The topological polar surface area (TPSA) is 93.1 Å². The third-order valence-corrected chi connectivity index (χ3v) is 7.92. The first-order chi connectivity index (χ1) is 13.1. The average Bonchev–Trinajstić information content (AvgIpc) is 2.66. The van der Waals surface area contributed by atoms with Gasteiger partial charge in [-0.25, -0.2) is 0 Å². The van der Waals surface area contributed by atoms with Crippen LogP contribution in [0.3, 0.4) is 0 Å². The summed E-state index contributed by atoms with van der Waals surface area (Å²) in [5, 5.41) is 21.1. The minimum absolute atomic E-state index is 0.270. The Kier molecular flexibility index (Phi) is 5.43. The normalized spacial score (nSPS) is 42.9. The van der Waals surface area contributed by atoms with Crippen molar-refractivity contribution < 1.29 is 29.3 Å². The van der Waals surface area contributed by atoms with Gasteiger partial charge in [-0.2, -0.15) is 0 Å². The van der Waals surface area contributed by atoms with Crippen molar-refractivity contribution in [3.63, 3.8) is 0 Å². The third-order valence-electron chi connectivity index (χ3n) is 7.92. The zero-order chi connectivity index (χ0) is 20.9. The maximum Gasteiger partial charge on any atom is 0.312 e. The number of aliphatic hydroxyl groups is 2. The molecule has 3 aliphatic rings. The van der Waals surface area contributed by atoms with Crippen molar-refractivity contribution in [3.8, 4) is 0 Å². The SMILES string of the molecule is COC(=O)C12CCC(C(C)C)=CC1C1(C(=O)OC)CCC(O)C(C)(O)CCC21. The maximum atomic E-state index is 13.1. The van der Waals surface area contributed by atoms with E-state index in [1.807, 2.05) is 0 Å². The molecule has 0 heterocycles. The summed E-state index contributed by atoms with van der Waals surface area (Å²) in [5.41, 5.74) is -1.61. The summed E-state index contributed by atoms with van der Waals surface area (Å²) in [4.78, 5) is 26.2. The predicted octanol–water partition coefficient (Wildman–Crippen LogP) is 2.61. The van der Waals surface area contributed by atoms with Gasteiger partial charge < -0.3 is 19.7 Å². The standard InChI is InChI=1S/C22H34O6/c1-13(2)14-6-10-21(18(24)27-4)15-7-9-20(3,26)17(23)8-11-22(15,16(21)12-14)19(25)28-5/h12-13,15-17,23,26H,6-11H2,1-5H3. The van der Waals surface area contributed by atoms with Crippen LogP contribution < -0.4 is 0 Å². The van der Waals surface area contributed by atoms with E-state index in [9.17, 15) is 19.8 Å². The Bertz CT molecular complexity index is 681. The maximum absolute atomic E-state index is 13.1. The van der Waals surface area contributed by atoms with Crippen molar-refractivity contribution >= 4 is 11.9 Å². The lowest BCUT2D eigenvalue weighted by Crippen LogP contribution is -2.72. The molecule has 6 atom stereocenters. The van der Waals surface area contributed by atoms with E-state index >= 15 is 0 Å². The molecule has 3 aliphatic carbocycles. The molecule has 0 aromatic carbocycles. The molecule has 6 unspecified atom stereocenters. The Balaban J connectivity index is 2.14. The van der Waals surface area contributed by atoms with Crippen molar-refractivity contribution in [1.82, 2.24) is 0 Å². The van der Waals surface area contributed by atoms with Crippen LogP contribution in [0.25, 0.3) is 0 Å². The number of esters is 2. The van der Waals surface area contributed by atoms with Gasteiger partial charge >= 0.3 is 11.9 Å². The number of methoxy groups -OCH3 is 2. The van der Waals surface area contributed by atoms with Gasteiger partial charge in [0.25, 0.3) is 0 Å². The van der Waals surface area contributed by atoms with Gasteiger partial charge in [0.1, 0.15) is 0 Å². The lowest BCUT2D eigenvalue weighted by molar-refractivity contribution is -0.238. The van der Waals surface area contributed by atoms with Crippen LogP contribution in [0.4, 0.5) is 0 Å². The first-order valence-electron chi connectivity index (χ1n) is 10.4. The molecule has 0 aromatic rings. The Morgan fingerprint density at radius 2 is 1.64 bits per heavy atom. The second kappa shape index (κ2) is 7.13. The second-order valence-corrected chi connectivity index (χ2v) is 9.44. The molecule has 6 nitrogen and oxygen atoms in total. The first-order valence-corrected chi connectivity index (χ1v) is 10.4. The number of fused-ring (bicyclic) bond motifs is 4. The van der Waals surface area contributed by atoms with Crippen LogP contribution in [-0.2, 0) is 19.1 Å². The van der Waals surface area contributed by atoms with Crippen molar-refractivity contribution in [2.45, 2.75) is 71.0 Å². The molecule has 2 fully saturated rings. The largest absolute Gasteiger partial charge is 0.469 e. The van der Waals surface area contributed by atoms with Crippen LogP contribution >= 0.6 is 0 Å². The number of carbonyl (C=O) groups is 2. The number of rotatable bonds is 3. The van der Waals surface area contributed by atoms with E-state index < -0.39 is 22.5 Å². The van der Waals surface area contributed by atoms with Gasteiger partial charge in [0.2, 0.25) is 0 Å². The lowest BCUT2D eigenvalue weighted by atomic mass is 9.33. The van der Waals surface area contributed by atoms with Gasteiger partial charge in [0.15, 0.2) is 0 Å². The highest BCUT2D eigenvalue weighted by molar-refractivity contribution is 5.88. The summed E-state index contributed by atoms with van der Waals surface area (Å²) in [6.45, 7) is 5.87. The Morgan fingerprint density at radius 3 is 2.18 bits per heavy atom. The molecule has 0 bridgehead atoms. The van der Waals surface area contributed by atoms with E-state index in [-0.39, 0.29) is 30.2 Å². The summed E-state index contributed by atoms with van der Waals surface area (Å²) in [6, 6.07) is 0. The monoisotopic (exact) mass is 394 g/mol. The highest BCUT2D eigenvalue weighted by Gasteiger charge is 2.77. The molecule has 0 saturated heterocycles. The molecule has 0 aliphatic heterocycles. The Morgan fingerprint density at radius 1 is 1.07 bits per heavy atom.